The number of carbonyl (C=O) groups is 2. The number of nitrogens with one attached hydrogen (secondary N) is 1. The highest BCUT2D eigenvalue weighted by Gasteiger charge is 2.31. The molecule has 1 amide bonds. The summed E-state index contributed by atoms with van der Waals surface area (Å²) in [5.41, 5.74) is 0. The monoisotopic (exact) mass is 320 g/mol. The molecule has 7 nitrogen and oxygen atoms in total. The van der Waals surface area contributed by atoms with Gasteiger partial charge in [-0.15, -0.1) is 0 Å². The van der Waals surface area contributed by atoms with Crippen LogP contribution in [0.4, 0.5) is 0 Å². The molecule has 2 N–H and O–H groups in total. The van der Waals surface area contributed by atoms with Crippen molar-refractivity contribution >= 4 is 21.9 Å². The van der Waals surface area contributed by atoms with E-state index < -0.39 is 16.0 Å². The maximum absolute atomic E-state index is 12.1. The second kappa shape index (κ2) is 7.74. The zero-order valence-electron chi connectivity index (χ0n) is 12.5. The van der Waals surface area contributed by atoms with Crippen LogP contribution in [0.5, 0.6) is 0 Å². The van der Waals surface area contributed by atoms with Crippen molar-refractivity contribution in [2.24, 2.45) is 11.8 Å². The number of carbonyl (C=O) groups excluding carboxylic acids is 1. The lowest BCUT2D eigenvalue weighted by Crippen LogP contribution is -2.46. The Morgan fingerprint density at radius 3 is 2.67 bits per heavy atom. The molecule has 1 aliphatic rings. The first-order valence-corrected chi connectivity index (χ1v) is 8.84. The van der Waals surface area contributed by atoms with E-state index >= 15 is 0 Å². The maximum Gasteiger partial charge on any atom is 0.303 e. The van der Waals surface area contributed by atoms with Crippen LogP contribution in [0.3, 0.4) is 0 Å². The fourth-order valence-corrected chi connectivity index (χ4v) is 3.56. The van der Waals surface area contributed by atoms with Gasteiger partial charge in [0.2, 0.25) is 15.9 Å². The first-order valence-electron chi connectivity index (χ1n) is 7.23. The predicted molar refractivity (Wildman–Crippen MR) is 78.2 cm³/mol. The second-order valence-corrected chi connectivity index (χ2v) is 7.80. The molecular formula is C13H24N2O5S. The van der Waals surface area contributed by atoms with Gasteiger partial charge in [0, 0.05) is 26.1 Å². The SMILES string of the molecule is CCS(=O)(=O)N1CCCC(C(=O)NCC(C)CC(=O)O)C1. The van der Waals surface area contributed by atoms with Gasteiger partial charge in [-0.05, 0) is 25.7 Å². The number of aliphatic carboxylic acids is 1. The zero-order chi connectivity index (χ0) is 16.0. The summed E-state index contributed by atoms with van der Waals surface area (Å²) in [6.45, 7) is 4.32. The molecule has 1 saturated heterocycles. The third kappa shape index (κ3) is 5.62. The Morgan fingerprint density at radius 2 is 2.10 bits per heavy atom. The highest BCUT2D eigenvalue weighted by molar-refractivity contribution is 7.89. The fourth-order valence-electron chi connectivity index (χ4n) is 2.38. The first-order chi connectivity index (χ1) is 9.76. The number of nitrogens with zero attached hydrogens (tertiary/aromatic N) is 1. The van der Waals surface area contributed by atoms with Crippen LogP contribution >= 0.6 is 0 Å². The van der Waals surface area contributed by atoms with Gasteiger partial charge in [-0.25, -0.2) is 12.7 Å². The number of rotatable bonds is 7. The summed E-state index contributed by atoms with van der Waals surface area (Å²) in [7, 11) is -3.26. The van der Waals surface area contributed by atoms with Gasteiger partial charge >= 0.3 is 5.97 Å². The summed E-state index contributed by atoms with van der Waals surface area (Å²) in [6, 6.07) is 0. The number of hydrogen-bond donors (Lipinski definition) is 2. The van der Waals surface area contributed by atoms with Crippen molar-refractivity contribution in [1.29, 1.82) is 0 Å². The van der Waals surface area contributed by atoms with Crippen LogP contribution in [0.2, 0.25) is 0 Å². The Bertz CT molecular complexity index is 477. The summed E-state index contributed by atoms with van der Waals surface area (Å²) < 4.78 is 25.1. The number of carboxylic acids is 1. The molecule has 122 valence electrons. The van der Waals surface area contributed by atoms with Crippen LogP contribution in [0.15, 0.2) is 0 Å². The summed E-state index contributed by atoms with van der Waals surface area (Å²) in [5.74, 6) is -1.54. The molecule has 21 heavy (non-hydrogen) atoms. The largest absolute Gasteiger partial charge is 0.481 e. The van der Waals surface area contributed by atoms with Gasteiger partial charge in [0.05, 0.1) is 11.7 Å². The number of hydrogen-bond acceptors (Lipinski definition) is 4. The Hall–Kier alpha value is -1.15. The third-order valence-corrected chi connectivity index (χ3v) is 5.51. The number of carboxylic acid groups (broad SMARTS) is 1. The fraction of sp³-hybridized carbons (Fsp3) is 0.846. The molecule has 1 fully saturated rings. The van der Waals surface area contributed by atoms with E-state index in [0.717, 1.165) is 0 Å². The quantitative estimate of drug-likeness (QED) is 0.701. The van der Waals surface area contributed by atoms with Crippen molar-refractivity contribution in [2.45, 2.75) is 33.1 Å². The van der Waals surface area contributed by atoms with E-state index in [0.29, 0.717) is 25.9 Å². The Kier molecular flexibility index (Phi) is 6.60. The van der Waals surface area contributed by atoms with Crippen LogP contribution in [-0.4, -0.2) is 55.1 Å². The average Bonchev–Trinajstić information content (AvgIpc) is 2.44. The summed E-state index contributed by atoms with van der Waals surface area (Å²) >= 11 is 0. The molecule has 0 aliphatic carbocycles. The first kappa shape index (κ1) is 17.9. The van der Waals surface area contributed by atoms with Crippen molar-refractivity contribution in [3.63, 3.8) is 0 Å². The molecule has 0 aromatic heterocycles. The van der Waals surface area contributed by atoms with Crippen LogP contribution in [0.25, 0.3) is 0 Å². The molecule has 0 radical (unpaired) electrons. The van der Waals surface area contributed by atoms with E-state index in [9.17, 15) is 18.0 Å². The van der Waals surface area contributed by atoms with E-state index in [4.69, 9.17) is 5.11 Å². The predicted octanol–water partition coefficient (Wildman–Crippen LogP) is 0.275. The zero-order valence-corrected chi connectivity index (χ0v) is 13.4. The van der Waals surface area contributed by atoms with Gasteiger partial charge in [0.1, 0.15) is 0 Å². The number of piperidine rings is 1. The van der Waals surface area contributed by atoms with Gasteiger partial charge in [0.25, 0.3) is 0 Å². The summed E-state index contributed by atoms with van der Waals surface area (Å²) in [6.07, 6.45) is 1.33. The van der Waals surface area contributed by atoms with E-state index in [1.165, 1.54) is 4.31 Å². The molecule has 0 aromatic carbocycles. The standard InChI is InChI=1S/C13H24N2O5S/c1-3-21(19,20)15-6-4-5-11(9-15)13(18)14-8-10(2)7-12(16)17/h10-11H,3-9H2,1-2H3,(H,14,18)(H,16,17). The van der Waals surface area contributed by atoms with E-state index in [-0.39, 0.29) is 36.5 Å². The van der Waals surface area contributed by atoms with Gasteiger partial charge in [-0.3, -0.25) is 9.59 Å². The molecule has 1 rings (SSSR count). The smallest absolute Gasteiger partial charge is 0.303 e. The third-order valence-electron chi connectivity index (χ3n) is 3.66. The van der Waals surface area contributed by atoms with Gasteiger partial charge in [-0.1, -0.05) is 6.92 Å². The molecule has 2 atom stereocenters. The molecule has 0 aromatic rings. The van der Waals surface area contributed by atoms with Crippen molar-refractivity contribution in [2.75, 3.05) is 25.4 Å². The molecule has 1 aliphatic heterocycles. The van der Waals surface area contributed by atoms with Gasteiger partial charge in [0.15, 0.2) is 0 Å². The van der Waals surface area contributed by atoms with Crippen molar-refractivity contribution < 1.29 is 23.1 Å². The Labute approximate surface area is 125 Å². The Morgan fingerprint density at radius 1 is 1.43 bits per heavy atom. The number of sulfonamides is 1. The Balaban J connectivity index is 2.49. The molecule has 0 spiro atoms. The number of amides is 1. The summed E-state index contributed by atoms with van der Waals surface area (Å²) in [5, 5.41) is 11.4. The normalized spacial score (nSPS) is 21.7. The average molecular weight is 320 g/mol. The van der Waals surface area contributed by atoms with Crippen LogP contribution < -0.4 is 5.32 Å². The highest BCUT2D eigenvalue weighted by atomic mass is 32.2. The second-order valence-electron chi connectivity index (χ2n) is 5.55. The highest BCUT2D eigenvalue weighted by Crippen LogP contribution is 2.19. The van der Waals surface area contributed by atoms with E-state index in [1.54, 1.807) is 13.8 Å². The molecular weight excluding hydrogens is 296 g/mol. The topological polar surface area (TPSA) is 104 Å². The summed E-state index contributed by atoms with van der Waals surface area (Å²) in [4.78, 5) is 22.6. The van der Waals surface area contributed by atoms with Crippen LogP contribution in [-0.2, 0) is 19.6 Å². The lowest BCUT2D eigenvalue weighted by Gasteiger charge is -2.31. The van der Waals surface area contributed by atoms with Gasteiger partial charge < -0.3 is 10.4 Å². The minimum Gasteiger partial charge on any atom is -0.481 e. The van der Waals surface area contributed by atoms with Crippen molar-refractivity contribution in [3.05, 3.63) is 0 Å². The van der Waals surface area contributed by atoms with Crippen LogP contribution in [0.1, 0.15) is 33.1 Å². The molecule has 1 heterocycles. The van der Waals surface area contributed by atoms with Crippen molar-refractivity contribution in [3.8, 4) is 0 Å². The van der Waals surface area contributed by atoms with Crippen molar-refractivity contribution in [1.82, 2.24) is 9.62 Å². The molecule has 2 unspecified atom stereocenters. The lowest BCUT2D eigenvalue weighted by atomic mass is 9.98. The lowest BCUT2D eigenvalue weighted by molar-refractivity contribution is -0.138. The van der Waals surface area contributed by atoms with E-state index in [2.05, 4.69) is 5.32 Å². The minimum absolute atomic E-state index is 0.00128. The van der Waals surface area contributed by atoms with E-state index in [1.807, 2.05) is 0 Å². The minimum atomic E-state index is -3.26. The maximum atomic E-state index is 12.1. The van der Waals surface area contributed by atoms with Crippen LogP contribution in [0, 0.1) is 11.8 Å². The molecule has 0 bridgehead atoms. The molecule has 0 saturated carbocycles. The molecule has 8 heteroatoms. The van der Waals surface area contributed by atoms with Gasteiger partial charge in [-0.2, -0.15) is 0 Å².